The van der Waals surface area contributed by atoms with Crippen LogP contribution in [0.4, 0.5) is 5.69 Å². The Morgan fingerprint density at radius 2 is 2.33 bits per heavy atom. The standard InChI is InChI=1S/C10H10ClNO3/c1-15-10-5-4-8(3-2-6-11)7-9(10)12(13)14/h2-5,7H,6H2,1H3. The zero-order valence-corrected chi connectivity index (χ0v) is 8.90. The number of alkyl halides is 1. The largest absolute Gasteiger partial charge is 0.490 e. The fourth-order valence-electron chi connectivity index (χ4n) is 1.13. The molecule has 4 nitrogen and oxygen atoms in total. The Balaban J connectivity index is 3.10. The van der Waals surface area contributed by atoms with Crippen molar-refractivity contribution in [2.45, 2.75) is 0 Å². The summed E-state index contributed by atoms with van der Waals surface area (Å²) in [5.41, 5.74) is 0.678. The molecule has 80 valence electrons. The molecule has 0 spiro atoms. The van der Waals surface area contributed by atoms with Gasteiger partial charge in [-0.1, -0.05) is 18.2 Å². The molecule has 0 saturated heterocycles. The molecule has 0 atom stereocenters. The lowest BCUT2D eigenvalue weighted by atomic mass is 10.2. The van der Waals surface area contributed by atoms with Crippen molar-refractivity contribution in [1.82, 2.24) is 0 Å². The van der Waals surface area contributed by atoms with E-state index < -0.39 is 4.92 Å². The topological polar surface area (TPSA) is 52.4 Å². The van der Waals surface area contributed by atoms with E-state index in [9.17, 15) is 10.1 Å². The van der Waals surface area contributed by atoms with Crippen molar-refractivity contribution >= 4 is 23.4 Å². The first-order valence-corrected chi connectivity index (χ1v) is 4.77. The quantitative estimate of drug-likeness (QED) is 0.452. The number of ether oxygens (including phenoxy) is 1. The van der Waals surface area contributed by atoms with E-state index in [-0.39, 0.29) is 11.4 Å². The molecular weight excluding hydrogens is 218 g/mol. The molecule has 0 N–H and O–H groups in total. The molecule has 0 bridgehead atoms. The average Bonchev–Trinajstić information content (AvgIpc) is 2.25. The van der Waals surface area contributed by atoms with E-state index in [1.165, 1.54) is 13.2 Å². The number of rotatable bonds is 4. The van der Waals surface area contributed by atoms with Crippen LogP contribution in [0.3, 0.4) is 0 Å². The molecule has 0 aromatic heterocycles. The third kappa shape index (κ3) is 2.95. The maximum atomic E-state index is 10.7. The molecule has 15 heavy (non-hydrogen) atoms. The van der Waals surface area contributed by atoms with E-state index in [1.54, 1.807) is 24.3 Å². The van der Waals surface area contributed by atoms with Crippen LogP contribution < -0.4 is 4.74 Å². The van der Waals surface area contributed by atoms with E-state index in [2.05, 4.69) is 0 Å². The normalized spacial score (nSPS) is 10.5. The molecule has 0 aliphatic carbocycles. The number of halogens is 1. The third-order valence-corrected chi connectivity index (χ3v) is 1.98. The second kappa shape index (κ2) is 5.36. The Hall–Kier alpha value is -1.55. The van der Waals surface area contributed by atoms with Crippen LogP contribution in [0.25, 0.3) is 6.08 Å². The Kier molecular flexibility index (Phi) is 4.12. The summed E-state index contributed by atoms with van der Waals surface area (Å²) in [5, 5.41) is 10.7. The third-order valence-electron chi connectivity index (χ3n) is 1.80. The lowest BCUT2D eigenvalue weighted by Crippen LogP contribution is -1.93. The smallest absolute Gasteiger partial charge is 0.311 e. The van der Waals surface area contributed by atoms with Gasteiger partial charge in [0.25, 0.3) is 0 Å². The summed E-state index contributed by atoms with van der Waals surface area (Å²) in [6.45, 7) is 0. The Morgan fingerprint density at radius 1 is 1.60 bits per heavy atom. The van der Waals surface area contributed by atoms with Crippen LogP contribution >= 0.6 is 11.6 Å². The summed E-state index contributed by atoms with van der Waals surface area (Å²) < 4.78 is 4.87. The molecule has 0 heterocycles. The van der Waals surface area contributed by atoms with Crippen molar-refractivity contribution in [1.29, 1.82) is 0 Å². The highest BCUT2D eigenvalue weighted by atomic mass is 35.5. The molecule has 5 heteroatoms. The molecule has 1 aromatic rings. The van der Waals surface area contributed by atoms with E-state index in [0.29, 0.717) is 5.88 Å². The highest BCUT2D eigenvalue weighted by Crippen LogP contribution is 2.27. The summed E-state index contributed by atoms with van der Waals surface area (Å²) >= 11 is 5.47. The Bertz CT molecular complexity index is 390. The van der Waals surface area contributed by atoms with E-state index in [1.807, 2.05) is 0 Å². The molecule has 0 fully saturated rings. The molecule has 0 unspecified atom stereocenters. The van der Waals surface area contributed by atoms with Gasteiger partial charge in [0.1, 0.15) is 0 Å². The summed E-state index contributed by atoms with van der Waals surface area (Å²) in [6.07, 6.45) is 3.44. The maximum Gasteiger partial charge on any atom is 0.311 e. The van der Waals surface area contributed by atoms with Gasteiger partial charge in [0, 0.05) is 11.9 Å². The highest BCUT2D eigenvalue weighted by Gasteiger charge is 2.13. The van der Waals surface area contributed by atoms with E-state index >= 15 is 0 Å². The monoisotopic (exact) mass is 227 g/mol. The fraction of sp³-hybridized carbons (Fsp3) is 0.200. The van der Waals surface area contributed by atoms with Crippen molar-refractivity contribution in [2.75, 3.05) is 13.0 Å². The summed E-state index contributed by atoms with van der Waals surface area (Å²) in [5.74, 6) is 0.628. The summed E-state index contributed by atoms with van der Waals surface area (Å²) in [4.78, 5) is 10.2. The predicted octanol–water partition coefficient (Wildman–Crippen LogP) is 2.86. The fourth-order valence-corrected chi connectivity index (χ4v) is 1.22. The van der Waals surface area contributed by atoms with Gasteiger partial charge in [-0.15, -0.1) is 11.6 Å². The van der Waals surface area contributed by atoms with Gasteiger partial charge in [-0.3, -0.25) is 10.1 Å². The molecule has 1 rings (SSSR count). The number of hydrogen-bond donors (Lipinski definition) is 0. The van der Waals surface area contributed by atoms with Gasteiger partial charge in [0.05, 0.1) is 12.0 Å². The van der Waals surface area contributed by atoms with Gasteiger partial charge >= 0.3 is 5.69 Å². The van der Waals surface area contributed by atoms with Crippen LogP contribution in [0.5, 0.6) is 5.75 Å². The first-order valence-electron chi connectivity index (χ1n) is 4.24. The number of benzene rings is 1. The Morgan fingerprint density at radius 3 is 2.87 bits per heavy atom. The SMILES string of the molecule is COc1ccc(C=CCCl)cc1[N+](=O)[O-]. The first-order chi connectivity index (χ1) is 7.19. The summed E-state index contributed by atoms with van der Waals surface area (Å²) in [6, 6.07) is 4.74. The molecular formula is C10H10ClNO3. The van der Waals surface area contributed by atoms with Crippen LogP contribution in [0.1, 0.15) is 5.56 Å². The van der Waals surface area contributed by atoms with Gasteiger partial charge < -0.3 is 4.74 Å². The van der Waals surface area contributed by atoms with Gasteiger partial charge in [-0.2, -0.15) is 0 Å². The van der Waals surface area contributed by atoms with Gasteiger partial charge in [0.2, 0.25) is 0 Å². The van der Waals surface area contributed by atoms with Crippen molar-refractivity contribution < 1.29 is 9.66 Å². The van der Waals surface area contributed by atoms with Crippen molar-refractivity contribution in [3.05, 3.63) is 40.0 Å². The minimum Gasteiger partial charge on any atom is -0.490 e. The minimum absolute atomic E-state index is 0.0470. The van der Waals surface area contributed by atoms with Crippen LogP contribution in [0.15, 0.2) is 24.3 Å². The molecule has 0 amide bonds. The van der Waals surface area contributed by atoms with Crippen molar-refractivity contribution in [3.8, 4) is 5.75 Å². The number of nitrogens with zero attached hydrogens (tertiary/aromatic N) is 1. The minimum atomic E-state index is -0.475. The molecule has 0 radical (unpaired) electrons. The highest BCUT2D eigenvalue weighted by molar-refractivity contribution is 6.19. The maximum absolute atomic E-state index is 10.7. The average molecular weight is 228 g/mol. The molecule has 0 saturated carbocycles. The van der Waals surface area contributed by atoms with Crippen molar-refractivity contribution in [3.63, 3.8) is 0 Å². The van der Waals surface area contributed by atoms with Crippen LogP contribution in [0.2, 0.25) is 0 Å². The number of hydrogen-bond acceptors (Lipinski definition) is 3. The van der Waals surface area contributed by atoms with E-state index in [0.717, 1.165) is 5.56 Å². The second-order valence-corrected chi connectivity index (χ2v) is 3.05. The first kappa shape index (κ1) is 11.5. The predicted molar refractivity (Wildman–Crippen MR) is 59.4 cm³/mol. The zero-order chi connectivity index (χ0) is 11.3. The zero-order valence-electron chi connectivity index (χ0n) is 8.14. The van der Waals surface area contributed by atoms with Gasteiger partial charge in [0.15, 0.2) is 5.75 Å². The van der Waals surface area contributed by atoms with Crippen LogP contribution in [0, 0.1) is 10.1 Å². The second-order valence-electron chi connectivity index (χ2n) is 2.75. The van der Waals surface area contributed by atoms with Crippen molar-refractivity contribution in [2.24, 2.45) is 0 Å². The summed E-state index contributed by atoms with van der Waals surface area (Å²) in [7, 11) is 1.40. The lowest BCUT2D eigenvalue weighted by molar-refractivity contribution is -0.385. The van der Waals surface area contributed by atoms with E-state index in [4.69, 9.17) is 16.3 Å². The number of methoxy groups -OCH3 is 1. The molecule has 1 aromatic carbocycles. The Labute approximate surface area is 92.3 Å². The van der Waals surface area contributed by atoms with Gasteiger partial charge in [-0.25, -0.2) is 0 Å². The number of nitro benzene ring substituents is 1. The molecule has 0 aliphatic rings. The number of nitro groups is 1. The van der Waals surface area contributed by atoms with Crippen LogP contribution in [-0.4, -0.2) is 17.9 Å². The van der Waals surface area contributed by atoms with Gasteiger partial charge in [-0.05, 0) is 11.6 Å². The van der Waals surface area contributed by atoms with Crippen LogP contribution in [-0.2, 0) is 0 Å². The number of allylic oxidation sites excluding steroid dienone is 1. The molecule has 0 aliphatic heterocycles. The lowest BCUT2D eigenvalue weighted by Gasteiger charge is -2.01.